The number of rotatable bonds is 3. The minimum atomic E-state index is -0.0884. The minimum absolute atomic E-state index is 0.0642. The van der Waals surface area contributed by atoms with E-state index in [9.17, 15) is 4.79 Å². The molecule has 1 unspecified atom stereocenters. The third kappa shape index (κ3) is 2.24. The maximum atomic E-state index is 11.8. The van der Waals surface area contributed by atoms with Crippen molar-refractivity contribution in [1.29, 1.82) is 0 Å². The predicted molar refractivity (Wildman–Crippen MR) is 66.6 cm³/mol. The molecule has 1 fully saturated rings. The smallest absolute Gasteiger partial charge is 0.242 e. The van der Waals surface area contributed by atoms with Gasteiger partial charge in [-0.3, -0.25) is 9.78 Å². The summed E-state index contributed by atoms with van der Waals surface area (Å²) in [4.78, 5) is 18.0. The van der Waals surface area contributed by atoms with Crippen LogP contribution in [0.25, 0.3) is 0 Å². The van der Waals surface area contributed by atoms with Crippen LogP contribution in [-0.2, 0) is 11.3 Å². The Bertz CT molecular complexity index is 407. The van der Waals surface area contributed by atoms with E-state index in [1.54, 1.807) is 19.4 Å². The third-order valence-corrected chi connectivity index (χ3v) is 3.22. The molecule has 5 heteroatoms. The fourth-order valence-corrected chi connectivity index (χ4v) is 2.34. The SMILES string of the molecule is CNC(=O)C1CCCN1c1cnccc1CN. The summed E-state index contributed by atoms with van der Waals surface area (Å²) >= 11 is 0. The first-order chi connectivity index (χ1) is 8.27. The highest BCUT2D eigenvalue weighted by atomic mass is 16.2. The summed E-state index contributed by atoms with van der Waals surface area (Å²) in [6, 6.07) is 1.82. The number of nitrogens with one attached hydrogen (secondary N) is 1. The minimum Gasteiger partial charge on any atom is -0.358 e. The van der Waals surface area contributed by atoms with Gasteiger partial charge in [-0.15, -0.1) is 0 Å². The molecule has 1 aliphatic heterocycles. The molecule has 0 bridgehead atoms. The van der Waals surface area contributed by atoms with E-state index in [0.717, 1.165) is 30.6 Å². The molecule has 1 aliphatic rings. The number of amides is 1. The van der Waals surface area contributed by atoms with E-state index in [-0.39, 0.29) is 11.9 Å². The van der Waals surface area contributed by atoms with Gasteiger partial charge in [-0.2, -0.15) is 0 Å². The standard InChI is InChI=1S/C12H18N4O/c1-14-12(17)10-3-2-6-16(10)11-8-15-5-4-9(11)7-13/h4-5,8,10H,2-3,6-7,13H2,1H3,(H,14,17). The van der Waals surface area contributed by atoms with Crippen molar-refractivity contribution < 1.29 is 4.79 Å². The van der Waals surface area contributed by atoms with Crippen molar-refractivity contribution >= 4 is 11.6 Å². The van der Waals surface area contributed by atoms with Crippen LogP contribution in [-0.4, -0.2) is 30.5 Å². The Morgan fingerprint density at radius 3 is 3.24 bits per heavy atom. The first-order valence-corrected chi connectivity index (χ1v) is 5.89. The van der Waals surface area contributed by atoms with Gasteiger partial charge in [0.15, 0.2) is 0 Å². The monoisotopic (exact) mass is 234 g/mol. The summed E-state index contributed by atoms with van der Waals surface area (Å²) in [6.45, 7) is 1.35. The molecule has 1 amide bonds. The first kappa shape index (κ1) is 11.9. The Morgan fingerprint density at radius 1 is 1.71 bits per heavy atom. The Kier molecular flexibility index (Phi) is 3.58. The molecule has 0 spiro atoms. The zero-order valence-corrected chi connectivity index (χ0v) is 10.0. The van der Waals surface area contributed by atoms with Gasteiger partial charge in [-0.25, -0.2) is 0 Å². The molecule has 92 valence electrons. The molecule has 1 aromatic heterocycles. The number of likely N-dealkylation sites (N-methyl/N-ethyl adjacent to an activating group) is 1. The van der Waals surface area contributed by atoms with Crippen LogP contribution >= 0.6 is 0 Å². The fourth-order valence-electron chi connectivity index (χ4n) is 2.34. The van der Waals surface area contributed by atoms with Gasteiger partial charge < -0.3 is 16.0 Å². The van der Waals surface area contributed by atoms with Crippen molar-refractivity contribution in [1.82, 2.24) is 10.3 Å². The maximum absolute atomic E-state index is 11.8. The fraction of sp³-hybridized carbons (Fsp3) is 0.500. The molecule has 0 saturated carbocycles. The van der Waals surface area contributed by atoms with E-state index in [4.69, 9.17) is 5.73 Å². The third-order valence-electron chi connectivity index (χ3n) is 3.22. The number of hydrogen-bond donors (Lipinski definition) is 2. The van der Waals surface area contributed by atoms with Gasteiger partial charge in [0.1, 0.15) is 6.04 Å². The molecule has 2 heterocycles. The summed E-state index contributed by atoms with van der Waals surface area (Å²) in [6.07, 6.45) is 5.44. The van der Waals surface area contributed by atoms with Gasteiger partial charge in [0.05, 0.1) is 11.9 Å². The summed E-state index contributed by atoms with van der Waals surface area (Å²) in [5.74, 6) is 0.0642. The zero-order valence-electron chi connectivity index (χ0n) is 10.0. The average Bonchev–Trinajstić information content (AvgIpc) is 2.86. The summed E-state index contributed by atoms with van der Waals surface area (Å²) in [5.41, 5.74) is 7.74. The number of pyridine rings is 1. The molecule has 0 radical (unpaired) electrons. The molecule has 1 saturated heterocycles. The van der Waals surface area contributed by atoms with E-state index >= 15 is 0 Å². The number of nitrogens with two attached hydrogens (primary N) is 1. The second-order valence-corrected chi connectivity index (χ2v) is 4.17. The van der Waals surface area contributed by atoms with E-state index in [2.05, 4.69) is 15.2 Å². The predicted octanol–water partition coefficient (Wildman–Crippen LogP) is 0.255. The van der Waals surface area contributed by atoms with Crippen molar-refractivity contribution in [2.24, 2.45) is 5.73 Å². The lowest BCUT2D eigenvalue weighted by Gasteiger charge is -2.26. The summed E-state index contributed by atoms with van der Waals surface area (Å²) < 4.78 is 0. The van der Waals surface area contributed by atoms with Crippen LogP contribution in [0.3, 0.4) is 0 Å². The maximum Gasteiger partial charge on any atom is 0.242 e. The summed E-state index contributed by atoms with van der Waals surface area (Å²) in [5, 5.41) is 2.71. The van der Waals surface area contributed by atoms with Gasteiger partial charge >= 0.3 is 0 Å². The van der Waals surface area contributed by atoms with E-state index in [1.807, 2.05) is 6.07 Å². The van der Waals surface area contributed by atoms with Gasteiger partial charge in [0, 0.05) is 26.3 Å². The highest BCUT2D eigenvalue weighted by Crippen LogP contribution is 2.27. The molecule has 0 aromatic carbocycles. The lowest BCUT2D eigenvalue weighted by atomic mass is 10.1. The van der Waals surface area contributed by atoms with Crippen molar-refractivity contribution in [2.45, 2.75) is 25.4 Å². The van der Waals surface area contributed by atoms with Crippen LogP contribution < -0.4 is 16.0 Å². The number of hydrogen-bond acceptors (Lipinski definition) is 4. The zero-order chi connectivity index (χ0) is 12.3. The van der Waals surface area contributed by atoms with Crippen molar-refractivity contribution in [3.8, 4) is 0 Å². The normalized spacial score (nSPS) is 19.4. The molecule has 5 nitrogen and oxygen atoms in total. The number of anilines is 1. The largest absolute Gasteiger partial charge is 0.358 e. The number of nitrogens with zero attached hydrogens (tertiary/aromatic N) is 2. The van der Waals surface area contributed by atoms with E-state index in [0.29, 0.717) is 6.54 Å². The molecule has 17 heavy (non-hydrogen) atoms. The van der Waals surface area contributed by atoms with Crippen LogP contribution in [0, 0.1) is 0 Å². The van der Waals surface area contributed by atoms with Crippen molar-refractivity contribution in [2.75, 3.05) is 18.5 Å². The number of carbonyl (C=O) groups excluding carboxylic acids is 1. The molecule has 3 N–H and O–H groups in total. The van der Waals surface area contributed by atoms with Gasteiger partial charge in [0.2, 0.25) is 5.91 Å². The molecular weight excluding hydrogens is 216 g/mol. The first-order valence-electron chi connectivity index (χ1n) is 5.89. The van der Waals surface area contributed by atoms with Crippen LogP contribution in [0.1, 0.15) is 18.4 Å². The van der Waals surface area contributed by atoms with Crippen LogP contribution in [0.2, 0.25) is 0 Å². The topological polar surface area (TPSA) is 71.2 Å². The lowest BCUT2D eigenvalue weighted by Crippen LogP contribution is -2.42. The van der Waals surface area contributed by atoms with Crippen LogP contribution in [0.5, 0.6) is 0 Å². The van der Waals surface area contributed by atoms with Gasteiger partial charge in [-0.05, 0) is 24.5 Å². The van der Waals surface area contributed by atoms with Crippen LogP contribution in [0.4, 0.5) is 5.69 Å². The molecule has 1 aromatic rings. The Labute approximate surface area is 101 Å². The van der Waals surface area contributed by atoms with Gasteiger partial charge in [0.25, 0.3) is 0 Å². The molecule has 0 aliphatic carbocycles. The number of carbonyl (C=O) groups is 1. The van der Waals surface area contributed by atoms with E-state index < -0.39 is 0 Å². The quantitative estimate of drug-likeness (QED) is 0.786. The van der Waals surface area contributed by atoms with Crippen molar-refractivity contribution in [3.63, 3.8) is 0 Å². The molecule has 1 atom stereocenters. The lowest BCUT2D eigenvalue weighted by molar-refractivity contribution is -0.121. The van der Waals surface area contributed by atoms with Crippen molar-refractivity contribution in [3.05, 3.63) is 24.0 Å². The Morgan fingerprint density at radius 2 is 2.53 bits per heavy atom. The number of aromatic nitrogens is 1. The highest BCUT2D eigenvalue weighted by molar-refractivity contribution is 5.85. The second kappa shape index (κ2) is 5.14. The van der Waals surface area contributed by atoms with Gasteiger partial charge in [-0.1, -0.05) is 0 Å². The van der Waals surface area contributed by atoms with E-state index in [1.165, 1.54) is 0 Å². The van der Waals surface area contributed by atoms with Crippen LogP contribution in [0.15, 0.2) is 18.5 Å². The Balaban J connectivity index is 2.29. The Hall–Kier alpha value is -1.62. The molecular formula is C12H18N4O. The highest BCUT2D eigenvalue weighted by Gasteiger charge is 2.31. The molecule has 2 rings (SSSR count). The second-order valence-electron chi connectivity index (χ2n) is 4.17. The average molecular weight is 234 g/mol. The summed E-state index contributed by atoms with van der Waals surface area (Å²) in [7, 11) is 1.67.